The van der Waals surface area contributed by atoms with E-state index < -0.39 is 7.60 Å². The van der Waals surface area contributed by atoms with Gasteiger partial charge in [0, 0.05) is 28.4 Å². The molecule has 2 aromatic carbocycles. The van der Waals surface area contributed by atoms with Crippen LogP contribution in [0.3, 0.4) is 0 Å². The van der Waals surface area contributed by atoms with Gasteiger partial charge in [-0.1, -0.05) is 53.7 Å². The van der Waals surface area contributed by atoms with E-state index in [0.29, 0.717) is 6.54 Å². The molecule has 3 rings (SSSR count). The Hall–Kier alpha value is -1.61. The number of hydrogen-bond donors (Lipinski definition) is 2. The van der Waals surface area contributed by atoms with Gasteiger partial charge in [-0.05, 0) is 46.2 Å². The van der Waals surface area contributed by atoms with Crippen LogP contribution in [-0.4, -0.2) is 20.5 Å². The van der Waals surface area contributed by atoms with E-state index in [2.05, 4.69) is 77.9 Å². The second-order valence-electron chi connectivity index (χ2n) is 9.50. The summed E-state index contributed by atoms with van der Waals surface area (Å²) in [6.07, 6.45) is -0.159. The van der Waals surface area contributed by atoms with Crippen LogP contribution in [-0.2, 0) is 21.9 Å². The largest absolute Gasteiger partial charge is 0.340 e. The van der Waals surface area contributed by atoms with E-state index >= 15 is 0 Å². The number of rotatable bonds is 3. The summed E-state index contributed by atoms with van der Waals surface area (Å²) in [4.78, 5) is 18.7. The van der Waals surface area contributed by atoms with E-state index in [-0.39, 0.29) is 17.0 Å². The summed E-state index contributed by atoms with van der Waals surface area (Å²) in [7, 11) is -4.06. The second-order valence-corrected chi connectivity index (χ2v) is 11.3. The molecule has 0 unspecified atom stereocenters. The Kier molecular flexibility index (Phi) is 4.83. The number of benzene rings is 2. The van der Waals surface area contributed by atoms with Crippen molar-refractivity contribution in [3.05, 3.63) is 47.5 Å². The lowest BCUT2D eigenvalue weighted by molar-refractivity contribution is 0.370. The predicted octanol–water partition coefficient (Wildman–Crippen LogP) is 5.57. The zero-order valence-corrected chi connectivity index (χ0v) is 18.0. The van der Waals surface area contributed by atoms with Crippen LogP contribution in [0.4, 0.5) is 0 Å². The zero-order valence-electron chi connectivity index (χ0n) is 17.1. The van der Waals surface area contributed by atoms with E-state index in [9.17, 15) is 14.4 Å². The van der Waals surface area contributed by atoms with Crippen LogP contribution in [0.5, 0.6) is 0 Å². The third-order valence-corrected chi connectivity index (χ3v) is 5.99. The molecule has 0 aliphatic heterocycles. The summed E-state index contributed by atoms with van der Waals surface area (Å²) in [6.45, 7) is 13.5. The van der Waals surface area contributed by atoms with E-state index in [0.717, 1.165) is 21.8 Å². The van der Waals surface area contributed by atoms with Gasteiger partial charge in [0.15, 0.2) is 0 Å². The van der Waals surface area contributed by atoms with Crippen LogP contribution >= 0.6 is 7.60 Å². The van der Waals surface area contributed by atoms with Crippen molar-refractivity contribution in [1.82, 2.24) is 4.57 Å². The molecule has 0 aliphatic rings. The molecule has 0 spiro atoms. The van der Waals surface area contributed by atoms with Crippen LogP contribution in [0.1, 0.15) is 52.7 Å². The van der Waals surface area contributed by atoms with Crippen molar-refractivity contribution in [2.24, 2.45) is 0 Å². The van der Waals surface area contributed by atoms with Crippen LogP contribution in [0.15, 0.2) is 36.4 Å². The van der Waals surface area contributed by atoms with E-state index in [1.54, 1.807) is 0 Å². The molecule has 3 aromatic rings. The normalized spacial score (nSPS) is 13.6. The third kappa shape index (κ3) is 4.13. The lowest BCUT2D eigenvalue weighted by Crippen LogP contribution is -2.10. The Balaban J connectivity index is 2.31. The fraction of sp³-hybridized carbons (Fsp3) is 0.455. The molecule has 0 saturated heterocycles. The minimum atomic E-state index is -4.06. The molecule has 0 aliphatic carbocycles. The maximum atomic E-state index is 11.5. The Bertz CT molecular complexity index is 974. The van der Waals surface area contributed by atoms with E-state index in [4.69, 9.17) is 0 Å². The smallest absolute Gasteiger partial charge is 0.327 e. The van der Waals surface area contributed by atoms with Gasteiger partial charge in [0.25, 0.3) is 0 Å². The van der Waals surface area contributed by atoms with Gasteiger partial charge in [0.05, 0.1) is 6.16 Å². The number of nitrogens with zero attached hydrogens (tertiary/aromatic N) is 1. The molecular formula is C22H30NO3P. The number of hydrogen-bond acceptors (Lipinski definition) is 1. The highest BCUT2D eigenvalue weighted by molar-refractivity contribution is 7.51. The molecule has 0 radical (unpaired) electrons. The maximum Gasteiger partial charge on any atom is 0.327 e. The first-order valence-electron chi connectivity index (χ1n) is 9.39. The van der Waals surface area contributed by atoms with Gasteiger partial charge in [0.1, 0.15) is 0 Å². The Morgan fingerprint density at radius 1 is 0.815 bits per heavy atom. The van der Waals surface area contributed by atoms with Crippen LogP contribution in [0, 0.1) is 0 Å². The summed E-state index contributed by atoms with van der Waals surface area (Å²) >= 11 is 0. The van der Waals surface area contributed by atoms with Crippen molar-refractivity contribution in [2.45, 2.75) is 58.9 Å². The minimum Gasteiger partial charge on any atom is -0.340 e. The first-order valence-corrected chi connectivity index (χ1v) is 11.2. The summed E-state index contributed by atoms with van der Waals surface area (Å²) in [5.41, 5.74) is 4.64. The lowest BCUT2D eigenvalue weighted by Gasteiger charge is -2.19. The topological polar surface area (TPSA) is 62.5 Å². The highest BCUT2D eigenvalue weighted by atomic mass is 31.2. The van der Waals surface area contributed by atoms with Crippen LogP contribution < -0.4 is 0 Å². The Morgan fingerprint density at radius 3 is 1.56 bits per heavy atom. The van der Waals surface area contributed by atoms with Crippen molar-refractivity contribution in [1.29, 1.82) is 0 Å². The molecule has 5 heteroatoms. The van der Waals surface area contributed by atoms with Crippen molar-refractivity contribution in [3.8, 4) is 0 Å². The van der Waals surface area contributed by atoms with Gasteiger partial charge in [-0.2, -0.15) is 0 Å². The molecule has 1 heterocycles. The van der Waals surface area contributed by atoms with Crippen molar-refractivity contribution in [2.75, 3.05) is 6.16 Å². The maximum absolute atomic E-state index is 11.5. The van der Waals surface area contributed by atoms with Crippen LogP contribution in [0.2, 0.25) is 0 Å². The fourth-order valence-corrected chi connectivity index (χ4v) is 3.97. The molecule has 146 valence electrons. The molecular weight excluding hydrogens is 357 g/mol. The third-order valence-electron chi connectivity index (χ3n) is 5.21. The highest BCUT2D eigenvalue weighted by Crippen LogP contribution is 2.38. The molecule has 1 aromatic heterocycles. The predicted molar refractivity (Wildman–Crippen MR) is 114 cm³/mol. The monoisotopic (exact) mass is 387 g/mol. The summed E-state index contributed by atoms with van der Waals surface area (Å²) < 4.78 is 13.5. The highest BCUT2D eigenvalue weighted by Gasteiger charge is 2.21. The van der Waals surface area contributed by atoms with Gasteiger partial charge >= 0.3 is 7.60 Å². The van der Waals surface area contributed by atoms with Gasteiger partial charge in [-0.15, -0.1) is 0 Å². The van der Waals surface area contributed by atoms with Gasteiger partial charge in [0.2, 0.25) is 0 Å². The summed E-state index contributed by atoms with van der Waals surface area (Å²) in [6, 6.07) is 12.9. The van der Waals surface area contributed by atoms with Gasteiger partial charge < -0.3 is 14.4 Å². The molecule has 0 amide bonds. The van der Waals surface area contributed by atoms with Gasteiger partial charge in [-0.3, -0.25) is 4.57 Å². The second kappa shape index (κ2) is 6.48. The number of aromatic nitrogens is 1. The lowest BCUT2D eigenvalue weighted by atomic mass is 9.85. The molecule has 2 N–H and O–H groups in total. The zero-order chi connectivity index (χ0) is 20.2. The van der Waals surface area contributed by atoms with Crippen molar-refractivity contribution in [3.63, 3.8) is 0 Å². The molecule has 0 saturated carbocycles. The summed E-state index contributed by atoms with van der Waals surface area (Å²) in [5.74, 6) is 0. The fourth-order valence-electron chi connectivity index (χ4n) is 3.51. The summed E-state index contributed by atoms with van der Waals surface area (Å²) in [5, 5.41) is 2.29. The number of fused-ring (bicyclic) bond motifs is 3. The Morgan fingerprint density at radius 2 is 1.22 bits per heavy atom. The SMILES string of the molecule is CC(C)(C)c1ccc2c(c1)c1cc(C(C)(C)C)ccc1n2CCP(=O)(O)O. The van der Waals surface area contributed by atoms with Crippen molar-refractivity contribution < 1.29 is 14.4 Å². The Labute approximate surface area is 161 Å². The first kappa shape index (κ1) is 20.1. The number of aryl methyl sites for hydroxylation is 1. The van der Waals surface area contributed by atoms with E-state index in [1.807, 2.05) is 4.57 Å². The van der Waals surface area contributed by atoms with Crippen molar-refractivity contribution >= 4 is 29.4 Å². The average molecular weight is 387 g/mol. The first-order chi connectivity index (χ1) is 12.3. The van der Waals surface area contributed by atoms with Crippen LogP contribution in [0.25, 0.3) is 21.8 Å². The average Bonchev–Trinajstić information content (AvgIpc) is 2.83. The van der Waals surface area contributed by atoms with E-state index in [1.165, 1.54) is 11.1 Å². The standard InChI is InChI=1S/C22H30NO3P/c1-21(2,3)15-7-9-19-17(13-15)18-14-16(22(4,5)6)8-10-20(18)23(19)11-12-27(24,25)26/h7-10,13-14H,11-12H2,1-6H3,(H2,24,25,26). The minimum absolute atomic E-state index is 0.0378. The van der Waals surface area contributed by atoms with Gasteiger partial charge in [-0.25, -0.2) is 0 Å². The quantitative estimate of drug-likeness (QED) is 0.578. The molecule has 0 atom stereocenters. The molecule has 0 fully saturated rings. The molecule has 4 nitrogen and oxygen atoms in total. The molecule has 27 heavy (non-hydrogen) atoms. The molecule has 0 bridgehead atoms.